The molecule has 1 aromatic heterocycles. The Bertz CT molecular complexity index is 932. The molecule has 5 nitrogen and oxygen atoms in total. The second-order valence-corrected chi connectivity index (χ2v) is 7.57. The standard InChI is InChI=1S/C22H23ClN4O/c23-18-7-4-8-20(15-18)27-14-11-21(25-27)22(28)24-19-9-12-26(13-10-19)16-17-5-2-1-3-6-17/h1-8,11,14-15,19H,9-10,12-13,16H2,(H,24,28). The summed E-state index contributed by atoms with van der Waals surface area (Å²) in [5, 5.41) is 8.16. The van der Waals surface area contributed by atoms with Crippen molar-refractivity contribution in [2.45, 2.75) is 25.4 Å². The highest BCUT2D eigenvalue weighted by Crippen LogP contribution is 2.16. The van der Waals surface area contributed by atoms with Crippen molar-refractivity contribution in [3.05, 3.63) is 83.1 Å². The molecular weight excluding hydrogens is 372 g/mol. The van der Waals surface area contributed by atoms with E-state index in [1.165, 1.54) is 5.56 Å². The van der Waals surface area contributed by atoms with E-state index in [-0.39, 0.29) is 11.9 Å². The number of likely N-dealkylation sites (tertiary alicyclic amines) is 1. The number of piperidine rings is 1. The fourth-order valence-electron chi connectivity index (χ4n) is 3.54. The molecule has 1 amide bonds. The Balaban J connectivity index is 1.30. The lowest BCUT2D eigenvalue weighted by atomic mass is 10.0. The first-order chi connectivity index (χ1) is 13.7. The van der Waals surface area contributed by atoms with Gasteiger partial charge in [-0.3, -0.25) is 9.69 Å². The molecule has 2 aromatic carbocycles. The van der Waals surface area contributed by atoms with E-state index in [1.54, 1.807) is 16.9 Å². The molecule has 6 heteroatoms. The molecule has 0 atom stereocenters. The van der Waals surface area contributed by atoms with E-state index in [1.807, 2.05) is 30.3 Å². The van der Waals surface area contributed by atoms with Crippen molar-refractivity contribution in [1.82, 2.24) is 20.0 Å². The van der Waals surface area contributed by atoms with E-state index in [2.05, 4.69) is 39.6 Å². The monoisotopic (exact) mass is 394 g/mol. The van der Waals surface area contributed by atoms with E-state index >= 15 is 0 Å². The summed E-state index contributed by atoms with van der Waals surface area (Å²) in [6.07, 6.45) is 3.68. The molecule has 0 bridgehead atoms. The van der Waals surface area contributed by atoms with Gasteiger partial charge in [0.25, 0.3) is 5.91 Å². The van der Waals surface area contributed by atoms with Crippen LogP contribution < -0.4 is 5.32 Å². The van der Waals surface area contributed by atoms with Crippen LogP contribution in [0.3, 0.4) is 0 Å². The molecule has 0 aliphatic carbocycles. The van der Waals surface area contributed by atoms with Gasteiger partial charge in [0.1, 0.15) is 0 Å². The van der Waals surface area contributed by atoms with Crippen LogP contribution in [0.25, 0.3) is 5.69 Å². The van der Waals surface area contributed by atoms with Crippen molar-refractivity contribution >= 4 is 17.5 Å². The third-order valence-corrected chi connectivity index (χ3v) is 5.30. The predicted octanol–water partition coefficient (Wildman–Crippen LogP) is 3.92. The molecular formula is C22H23ClN4O. The number of rotatable bonds is 5. The molecule has 3 aromatic rings. The van der Waals surface area contributed by atoms with Gasteiger partial charge in [-0.25, -0.2) is 4.68 Å². The number of amides is 1. The minimum absolute atomic E-state index is 0.123. The molecule has 28 heavy (non-hydrogen) atoms. The zero-order chi connectivity index (χ0) is 19.3. The Morgan fingerprint density at radius 3 is 2.61 bits per heavy atom. The maximum Gasteiger partial charge on any atom is 0.272 e. The smallest absolute Gasteiger partial charge is 0.272 e. The normalized spacial score (nSPS) is 15.5. The van der Waals surface area contributed by atoms with E-state index in [9.17, 15) is 4.79 Å². The minimum Gasteiger partial charge on any atom is -0.348 e. The second-order valence-electron chi connectivity index (χ2n) is 7.13. The third kappa shape index (κ3) is 4.61. The van der Waals surface area contributed by atoms with E-state index in [4.69, 9.17) is 11.6 Å². The summed E-state index contributed by atoms with van der Waals surface area (Å²) in [7, 11) is 0. The number of aromatic nitrogens is 2. The first kappa shape index (κ1) is 18.7. The van der Waals surface area contributed by atoms with Gasteiger partial charge in [0.2, 0.25) is 0 Å². The van der Waals surface area contributed by atoms with E-state index in [0.29, 0.717) is 10.7 Å². The summed E-state index contributed by atoms with van der Waals surface area (Å²) >= 11 is 6.03. The lowest BCUT2D eigenvalue weighted by molar-refractivity contribution is 0.0903. The highest BCUT2D eigenvalue weighted by molar-refractivity contribution is 6.30. The Kier molecular flexibility index (Phi) is 5.74. The second kappa shape index (κ2) is 8.59. The number of hydrogen-bond acceptors (Lipinski definition) is 3. The predicted molar refractivity (Wildman–Crippen MR) is 111 cm³/mol. The lowest BCUT2D eigenvalue weighted by Gasteiger charge is -2.32. The quantitative estimate of drug-likeness (QED) is 0.713. The van der Waals surface area contributed by atoms with Gasteiger partial charge < -0.3 is 5.32 Å². The van der Waals surface area contributed by atoms with Crippen LogP contribution in [-0.4, -0.2) is 39.7 Å². The van der Waals surface area contributed by atoms with Crippen molar-refractivity contribution in [2.75, 3.05) is 13.1 Å². The molecule has 1 aliphatic rings. The molecule has 0 saturated carbocycles. The molecule has 1 N–H and O–H groups in total. The van der Waals surface area contributed by atoms with Crippen LogP contribution in [-0.2, 0) is 6.54 Å². The number of nitrogens with zero attached hydrogens (tertiary/aromatic N) is 3. The van der Waals surface area contributed by atoms with Crippen LogP contribution in [0.1, 0.15) is 28.9 Å². The van der Waals surface area contributed by atoms with Gasteiger partial charge in [-0.05, 0) is 42.7 Å². The van der Waals surface area contributed by atoms with Crippen molar-refractivity contribution in [1.29, 1.82) is 0 Å². The highest BCUT2D eigenvalue weighted by atomic mass is 35.5. The average Bonchev–Trinajstić information content (AvgIpc) is 3.21. The first-order valence-corrected chi connectivity index (χ1v) is 9.94. The van der Waals surface area contributed by atoms with Gasteiger partial charge in [0, 0.05) is 36.9 Å². The van der Waals surface area contributed by atoms with Gasteiger partial charge >= 0.3 is 0 Å². The van der Waals surface area contributed by atoms with Gasteiger partial charge in [-0.15, -0.1) is 0 Å². The zero-order valence-electron chi connectivity index (χ0n) is 15.6. The van der Waals surface area contributed by atoms with Crippen molar-refractivity contribution in [3.8, 4) is 5.69 Å². The zero-order valence-corrected chi connectivity index (χ0v) is 16.3. The summed E-state index contributed by atoms with van der Waals surface area (Å²) in [5.41, 5.74) is 2.59. The van der Waals surface area contributed by atoms with Crippen LogP contribution in [0.5, 0.6) is 0 Å². The topological polar surface area (TPSA) is 50.2 Å². The molecule has 1 fully saturated rings. The molecule has 0 spiro atoms. The average molecular weight is 395 g/mol. The maximum absolute atomic E-state index is 12.6. The van der Waals surface area contributed by atoms with E-state index in [0.717, 1.165) is 38.2 Å². The largest absolute Gasteiger partial charge is 0.348 e. The van der Waals surface area contributed by atoms with Gasteiger partial charge in [0.05, 0.1) is 5.69 Å². The fourth-order valence-corrected chi connectivity index (χ4v) is 3.73. The SMILES string of the molecule is O=C(NC1CCN(Cc2ccccc2)CC1)c1ccn(-c2cccc(Cl)c2)n1. The Morgan fingerprint density at radius 1 is 1.07 bits per heavy atom. The van der Waals surface area contributed by atoms with Gasteiger partial charge in [-0.2, -0.15) is 5.10 Å². The van der Waals surface area contributed by atoms with Crippen LogP contribution in [0.4, 0.5) is 0 Å². The molecule has 1 aliphatic heterocycles. The maximum atomic E-state index is 12.6. The summed E-state index contributed by atoms with van der Waals surface area (Å²) in [4.78, 5) is 15.0. The summed E-state index contributed by atoms with van der Waals surface area (Å²) in [5.74, 6) is -0.123. The van der Waals surface area contributed by atoms with Crippen molar-refractivity contribution in [3.63, 3.8) is 0 Å². The molecule has 2 heterocycles. The molecule has 144 valence electrons. The molecule has 0 radical (unpaired) electrons. The Labute approximate surface area is 169 Å². The summed E-state index contributed by atoms with van der Waals surface area (Å²) in [6, 6.07) is 19.8. The Hall–Kier alpha value is -2.63. The number of carbonyl (C=O) groups excluding carboxylic acids is 1. The van der Waals surface area contributed by atoms with Crippen LogP contribution in [0, 0.1) is 0 Å². The van der Waals surface area contributed by atoms with Crippen LogP contribution in [0.15, 0.2) is 66.9 Å². The molecule has 1 saturated heterocycles. The fraction of sp³-hybridized carbons (Fsp3) is 0.273. The lowest BCUT2D eigenvalue weighted by Crippen LogP contribution is -2.44. The minimum atomic E-state index is -0.123. The summed E-state index contributed by atoms with van der Waals surface area (Å²) < 4.78 is 1.67. The van der Waals surface area contributed by atoms with Gasteiger partial charge in [-0.1, -0.05) is 48.0 Å². The Morgan fingerprint density at radius 2 is 1.86 bits per heavy atom. The number of carbonyl (C=O) groups is 1. The third-order valence-electron chi connectivity index (χ3n) is 5.07. The number of benzene rings is 2. The number of hydrogen-bond donors (Lipinski definition) is 1. The van der Waals surface area contributed by atoms with Crippen LogP contribution >= 0.6 is 11.6 Å². The summed E-state index contributed by atoms with van der Waals surface area (Å²) in [6.45, 7) is 2.93. The molecule has 0 unspecified atom stereocenters. The highest BCUT2D eigenvalue weighted by Gasteiger charge is 2.22. The van der Waals surface area contributed by atoms with Crippen molar-refractivity contribution < 1.29 is 4.79 Å². The number of nitrogens with one attached hydrogen (secondary N) is 1. The van der Waals surface area contributed by atoms with Crippen molar-refractivity contribution in [2.24, 2.45) is 0 Å². The first-order valence-electron chi connectivity index (χ1n) is 9.56. The number of halogens is 1. The van der Waals surface area contributed by atoms with Crippen LogP contribution in [0.2, 0.25) is 5.02 Å². The molecule has 4 rings (SSSR count). The van der Waals surface area contributed by atoms with E-state index < -0.39 is 0 Å². The van der Waals surface area contributed by atoms with Gasteiger partial charge in [0.15, 0.2) is 5.69 Å².